The van der Waals surface area contributed by atoms with Crippen LogP contribution in [-0.2, 0) is 16.1 Å². The average Bonchev–Trinajstić information content (AvgIpc) is 3.20. The number of fused-ring (bicyclic) bond motifs is 1. The van der Waals surface area contributed by atoms with Gasteiger partial charge in [-0.1, -0.05) is 36.0 Å². The summed E-state index contributed by atoms with van der Waals surface area (Å²) in [5.74, 6) is -1.00. The van der Waals surface area contributed by atoms with E-state index < -0.39 is 6.04 Å². The fraction of sp³-hybridized carbons (Fsp3) is 0.250. The zero-order valence-corrected chi connectivity index (χ0v) is 16.6. The van der Waals surface area contributed by atoms with Crippen molar-refractivity contribution in [3.05, 3.63) is 71.3 Å². The second-order valence-corrected chi connectivity index (χ2v) is 7.86. The Kier molecular flexibility index (Phi) is 5.96. The summed E-state index contributed by atoms with van der Waals surface area (Å²) in [7, 11) is 0. The standard InChI is InChI=1S/C20H19F2N5O2S/c21-14-5-1-12(2-6-14)10-23-18(28)11-30-20-25-24-19(29)17-9-16(26-27(17)20)13-3-7-15(22)8-4-13/h1-8,16-17,26H,9-11H2,(H,23,28)(H,24,29). The first-order valence-electron chi connectivity index (χ1n) is 9.32. The smallest absolute Gasteiger partial charge is 0.264 e. The van der Waals surface area contributed by atoms with Crippen molar-refractivity contribution in [3.8, 4) is 0 Å². The topological polar surface area (TPSA) is 85.8 Å². The monoisotopic (exact) mass is 431 g/mol. The number of rotatable bonds is 5. The largest absolute Gasteiger partial charge is 0.351 e. The minimum absolute atomic E-state index is 0.0992. The molecule has 3 N–H and O–H groups in total. The van der Waals surface area contributed by atoms with E-state index in [1.807, 2.05) is 0 Å². The molecule has 1 saturated heterocycles. The van der Waals surface area contributed by atoms with E-state index in [-0.39, 0.29) is 35.2 Å². The van der Waals surface area contributed by atoms with Gasteiger partial charge in [-0.2, -0.15) is 0 Å². The van der Waals surface area contributed by atoms with E-state index in [9.17, 15) is 18.4 Å². The number of benzene rings is 2. The summed E-state index contributed by atoms with van der Waals surface area (Å²) in [5.41, 5.74) is 7.37. The number of hydrogen-bond donors (Lipinski definition) is 3. The lowest BCUT2D eigenvalue weighted by Crippen LogP contribution is -2.52. The molecule has 0 radical (unpaired) electrons. The van der Waals surface area contributed by atoms with Gasteiger partial charge in [0.15, 0.2) is 5.17 Å². The molecule has 4 rings (SSSR count). The molecule has 0 aromatic heterocycles. The maximum Gasteiger partial charge on any atom is 0.264 e. The molecule has 10 heteroatoms. The summed E-state index contributed by atoms with van der Waals surface area (Å²) >= 11 is 1.19. The highest BCUT2D eigenvalue weighted by Gasteiger charge is 2.41. The molecule has 2 unspecified atom stereocenters. The fourth-order valence-electron chi connectivity index (χ4n) is 3.27. The molecule has 0 aliphatic carbocycles. The van der Waals surface area contributed by atoms with Crippen LogP contribution in [-0.4, -0.2) is 33.8 Å². The van der Waals surface area contributed by atoms with Crippen LogP contribution in [0.15, 0.2) is 53.6 Å². The highest BCUT2D eigenvalue weighted by atomic mass is 32.2. The van der Waals surface area contributed by atoms with Gasteiger partial charge in [-0.3, -0.25) is 14.6 Å². The van der Waals surface area contributed by atoms with Gasteiger partial charge < -0.3 is 5.32 Å². The molecule has 1 fully saturated rings. The number of thioether (sulfide) groups is 1. The number of halogens is 2. The van der Waals surface area contributed by atoms with Crippen molar-refractivity contribution in [3.63, 3.8) is 0 Å². The van der Waals surface area contributed by atoms with Gasteiger partial charge in [-0.15, -0.1) is 5.10 Å². The second-order valence-electron chi connectivity index (χ2n) is 6.92. The first-order chi connectivity index (χ1) is 14.5. The highest BCUT2D eigenvalue weighted by molar-refractivity contribution is 8.14. The number of nitrogens with zero attached hydrogens (tertiary/aromatic N) is 2. The Morgan fingerprint density at radius 3 is 2.50 bits per heavy atom. The first kappa shape index (κ1) is 20.3. The van der Waals surface area contributed by atoms with Crippen LogP contribution in [0.2, 0.25) is 0 Å². The number of hydrazine groups is 1. The fourth-order valence-corrected chi connectivity index (χ4v) is 4.07. The summed E-state index contributed by atoms with van der Waals surface area (Å²) in [6.07, 6.45) is 0.494. The molecule has 2 amide bonds. The first-order valence-corrected chi connectivity index (χ1v) is 10.3. The molecule has 0 spiro atoms. The van der Waals surface area contributed by atoms with Crippen molar-refractivity contribution in [2.24, 2.45) is 5.10 Å². The van der Waals surface area contributed by atoms with Crippen molar-refractivity contribution < 1.29 is 18.4 Å². The minimum Gasteiger partial charge on any atom is -0.351 e. The van der Waals surface area contributed by atoms with E-state index in [0.717, 1.165) is 11.1 Å². The van der Waals surface area contributed by atoms with Gasteiger partial charge in [0.05, 0.1) is 11.8 Å². The summed E-state index contributed by atoms with van der Waals surface area (Å²) in [5, 5.41) is 8.96. The Bertz CT molecular complexity index is 968. The summed E-state index contributed by atoms with van der Waals surface area (Å²) in [6.45, 7) is 0.292. The Labute approximate surface area is 175 Å². The zero-order chi connectivity index (χ0) is 21.1. The Morgan fingerprint density at radius 2 is 1.80 bits per heavy atom. The molecule has 7 nitrogen and oxygen atoms in total. The van der Waals surface area contributed by atoms with E-state index in [1.165, 1.54) is 36.0 Å². The Balaban J connectivity index is 1.33. The number of amidine groups is 1. The average molecular weight is 431 g/mol. The van der Waals surface area contributed by atoms with Gasteiger partial charge in [0.25, 0.3) is 5.91 Å². The van der Waals surface area contributed by atoms with E-state index in [0.29, 0.717) is 18.1 Å². The second kappa shape index (κ2) is 8.80. The number of nitrogens with one attached hydrogen (secondary N) is 3. The maximum atomic E-state index is 13.2. The maximum absolute atomic E-state index is 13.2. The predicted molar refractivity (Wildman–Crippen MR) is 109 cm³/mol. The summed E-state index contributed by atoms with van der Waals surface area (Å²) < 4.78 is 26.1. The predicted octanol–water partition coefficient (Wildman–Crippen LogP) is 2.04. The molecule has 2 heterocycles. The van der Waals surface area contributed by atoms with Crippen molar-refractivity contribution in [2.75, 3.05) is 5.75 Å². The molecule has 0 bridgehead atoms. The summed E-state index contributed by atoms with van der Waals surface area (Å²) in [4.78, 5) is 24.4. The molecular formula is C20H19F2N5O2S. The molecule has 2 aliphatic heterocycles. The molecule has 2 atom stereocenters. The third-order valence-corrected chi connectivity index (χ3v) is 5.80. The van der Waals surface area contributed by atoms with Crippen LogP contribution < -0.4 is 16.2 Å². The lowest BCUT2D eigenvalue weighted by molar-refractivity contribution is -0.125. The number of hydrazone groups is 1. The molecular weight excluding hydrogens is 412 g/mol. The van der Waals surface area contributed by atoms with E-state index in [2.05, 4.69) is 21.3 Å². The lowest BCUT2D eigenvalue weighted by Gasteiger charge is -2.29. The summed E-state index contributed by atoms with van der Waals surface area (Å²) in [6, 6.07) is 11.4. The van der Waals surface area contributed by atoms with Crippen molar-refractivity contribution in [1.82, 2.24) is 21.2 Å². The van der Waals surface area contributed by atoms with Crippen LogP contribution in [0.4, 0.5) is 8.78 Å². The van der Waals surface area contributed by atoms with Gasteiger partial charge >= 0.3 is 0 Å². The van der Waals surface area contributed by atoms with Crippen LogP contribution >= 0.6 is 11.8 Å². The third-order valence-electron chi connectivity index (χ3n) is 4.84. The highest BCUT2D eigenvalue weighted by Crippen LogP contribution is 2.31. The van der Waals surface area contributed by atoms with Gasteiger partial charge in [0, 0.05) is 6.54 Å². The number of carbonyl (C=O) groups is 2. The van der Waals surface area contributed by atoms with Crippen LogP contribution in [0, 0.1) is 11.6 Å². The third kappa shape index (κ3) is 4.60. The van der Waals surface area contributed by atoms with Crippen molar-refractivity contribution >= 4 is 28.7 Å². The SMILES string of the molecule is O=C(CSC1=NNC(=O)C2CC(c3ccc(F)cc3)NN12)NCc1ccc(F)cc1. The van der Waals surface area contributed by atoms with Gasteiger partial charge in [0.1, 0.15) is 17.7 Å². The quantitative estimate of drug-likeness (QED) is 0.675. The molecule has 2 aromatic rings. The lowest BCUT2D eigenvalue weighted by atomic mass is 10.0. The van der Waals surface area contributed by atoms with Crippen molar-refractivity contribution in [1.29, 1.82) is 0 Å². The molecule has 0 saturated carbocycles. The van der Waals surface area contributed by atoms with Crippen molar-refractivity contribution in [2.45, 2.75) is 25.0 Å². The van der Waals surface area contributed by atoms with Crippen LogP contribution in [0.1, 0.15) is 23.6 Å². The number of amides is 2. The van der Waals surface area contributed by atoms with E-state index in [1.54, 1.807) is 29.3 Å². The van der Waals surface area contributed by atoms with Crippen LogP contribution in [0.3, 0.4) is 0 Å². The van der Waals surface area contributed by atoms with E-state index >= 15 is 0 Å². The molecule has 156 valence electrons. The normalized spacial score (nSPS) is 20.4. The number of hydrogen-bond acceptors (Lipinski definition) is 6. The van der Waals surface area contributed by atoms with E-state index in [4.69, 9.17) is 0 Å². The Hall–Kier alpha value is -2.98. The zero-order valence-electron chi connectivity index (χ0n) is 15.8. The molecule has 30 heavy (non-hydrogen) atoms. The van der Waals surface area contributed by atoms with Gasteiger partial charge in [0.2, 0.25) is 5.91 Å². The molecule has 2 aromatic carbocycles. The van der Waals surface area contributed by atoms with Crippen LogP contribution in [0.5, 0.6) is 0 Å². The minimum atomic E-state index is -0.470. The van der Waals surface area contributed by atoms with Crippen LogP contribution in [0.25, 0.3) is 0 Å². The Morgan fingerprint density at radius 1 is 1.13 bits per heavy atom. The molecule has 2 aliphatic rings. The van der Waals surface area contributed by atoms with Gasteiger partial charge in [-0.05, 0) is 41.8 Å². The van der Waals surface area contributed by atoms with Gasteiger partial charge in [-0.25, -0.2) is 19.6 Å². The number of carbonyl (C=O) groups excluding carboxylic acids is 2.